The van der Waals surface area contributed by atoms with E-state index in [0.29, 0.717) is 5.56 Å². The lowest BCUT2D eigenvalue weighted by Crippen LogP contribution is -2.11. The Morgan fingerprint density at radius 3 is 1.93 bits per heavy atom. The third-order valence-corrected chi connectivity index (χ3v) is 7.38. The molecule has 7 aromatic rings. The molecule has 0 spiro atoms. The fourth-order valence-corrected chi connectivity index (χ4v) is 5.61. The largest absolute Gasteiger partial charge is 0.310 e. The Morgan fingerprint density at radius 1 is 0.525 bits per heavy atom. The molecule has 0 atom stereocenters. The molecule has 1 aromatic heterocycles. The Balaban J connectivity index is 1.61. The molecule has 0 amide bonds. The molecular formula is C37H25N3. The van der Waals surface area contributed by atoms with Gasteiger partial charge in [-0.1, -0.05) is 91.0 Å². The molecule has 6 aromatic carbocycles. The molecule has 0 aliphatic carbocycles. The van der Waals surface area contributed by atoms with E-state index >= 15 is 0 Å². The maximum absolute atomic E-state index is 9.72. The normalized spacial score (nSPS) is 11.0. The van der Waals surface area contributed by atoms with Crippen LogP contribution in [-0.2, 0) is 0 Å². The molecule has 3 nitrogen and oxygen atoms in total. The van der Waals surface area contributed by atoms with Crippen molar-refractivity contribution in [3.05, 3.63) is 157 Å². The summed E-state index contributed by atoms with van der Waals surface area (Å²) in [5.41, 5.74) is 9.32. The first-order valence-corrected chi connectivity index (χ1v) is 13.4. The van der Waals surface area contributed by atoms with E-state index in [1.807, 2.05) is 30.3 Å². The minimum absolute atomic E-state index is 0.626. The van der Waals surface area contributed by atoms with E-state index in [2.05, 4.69) is 137 Å². The first kappa shape index (κ1) is 23.5. The second-order valence-corrected chi connectivity index (χ2v) is 9.77. The average Bonchev–Trinajstić information content (AvgIpc) is 3.36. The number of rotatable bonds is 5. The average molecular weight is 512 g/mol. The molecule has 0 unspecified atom stereocenters. The molecular weight excluding hydrogens is 486 g/mol. The lowest BCUT2D eigenvalue weighted by atomic mass is 9.99. The summed E-state index contributed by atoms with van der Waals surface area (Å²) < 4.78 is 2.35. The van der Waals surface area contributed by atoms with Gasteiger partial charge in [0, 0.05) is 33.4 Å². The van der Waals surface area contributed by atoms with E-state index in [1.54, 1.807) is 0 Å². The van der Waals surface area contributed by atoms with E-state index in [-0.39, 0.29) is 0 Å². The summed E-state index contributed by atoms with van der Waals surface area (Å²) in [4.78, 5) is 2.26. The minimum Gasteiger partial charge on any atom is -0.310 e. The zero-order valence-corrected chi connectivity index (χ0v) is 21.8. The number of hydrogen-bond donors (Lipinski definition) is 0. The number of fused-ring (bicyclic) bond motifs is 3. The summed E-state index contributed by atoms with van der Waals surface area (Å²) in [5, 5.41) is 12.1. The van der Waals surface area contributed by atoms with Crippen LogP contribution in [0.25, 0.3) is 38.6 Å². The van der Waals surface area contributed by atoms with Gasteiger partial charge >= 0.3 is 0 Å². The van der Waals surface area contributed by atoms with E-state index < -0.39 is 0 Å². The summed E-state index contributed by atoms with van der Waals surface area (Å²) >= 11 is 0. The van der Waals surface area contributed by atoms with Crippen LogP contribution in [0.4, 0.5) is 17.1 Å². The second kappa shape index (κ2) is 9.94. The highest BCUT2D eigenvalue weighted by molar-refractivity contribution is 6.13. The first-order valence-electron chi connectivity index (χ1n) is 13.4. The van der Waals surface area contributed by atoms with Crippen LogP contribution in [0.15, 0.2) is 152 Å². The van der Waals surface area contributed by atoms with Crippen molar-refractivity contribution in [3.8, 4) is 22.9 Å². The standard InChI is InChI=1S/C37H25N3/c38-26-27-13-12-20-31(23-27)39(29-16-6-2-7-17-29)36-25-34-32-21-10-11-22-35(32)40(30-18-8-3-9-19-30)37(34)24-33(36)28-14-4-1-5-15-28/h1-25H. The maximum atomic E-state index is 9.72. The van der Waals surface area contributed by atoms with Gasteiger partial charge in [-0.2, -0.15) is 5.26 Å². The van der Waals surface area contributed by atoms with Crippen LogP contribution in [0, 0.1) is 11.3 Å². The molecule has 0 aliphatic heterocycles. The zero-order chi connectivity index (χ0) is 26.9. The van der Waals surface area contributed by atoms with Gasteiger partial charge in [0.05, 0.1) is 28.4 Å². The molecule has 40 heavy (non-hydrogen) atoms. The summed E-state index contributed by atoms with van der Waals surface area (Å²) in [5.74, 6) is 0. The lowest BCUT2D eigenvalue weighted by Gasteiger charge is -2.28. The fraction of sp³-hybridized carbons (Fsp3) is 0. The molecule has 0 saturated heterocycles. The molecule has 0 fully saturated rings. The Morgan fingerprint density at radius 2 is 1.18 bits per heavy atom. The summed E-state index contributed by atoms with van der Waals surface area (Å²) in [6.07, 6.45) is 0. The Hall–Kier alpha value is -5.59. The third kappa shape index (κ3) is 4.00. The molecule has 7 rings (SSSR count). The number of nitrogens with zero attached hydrogens (tertiary/aromatic N) is 3. The van der Waals surface area contributed by atoms with Crippen LogP contribution in [0.2, 0.25) is 0 Å². The third-order valence-electron chi connectivity index (χ3n) is 7.38. The molecule has 3 heteroatoms. The van der Waals surface area contributed by atoms with Crippen molar-refractivity contribution in [2.24, 2.45) is 0 Å². The number of para-hydroxylation sites is 3. The van der Waals surface area contributed by atoms with Crippen LogP contribution in [-0.4, -0.2) is 4.57 Å². The first-order chi connectivity index (χ1) is 19.8. The van der Waals surface area contributed by atoms with Gasteiger partial charge < -0.3 is 9.47 Å². The van der Waals surface area contributed by atoms with Gasteiger partial charge in [0.1, 0.15) is 0 Å². The van der Waals surface area contributed by atoms with Crippen LogP contribution >= 0.6 is 0 Å². The molecule has 188 valence electrons. The minimum atomic E-state index is 0.626. The predicted molar refractivity (Wildman–Crippen MR) is 166 cm³/mol. The number of nitriles is 1. The monoisotopic (exact) mass is 511 g/mol. The molecule has 0 aliphatic rings. The highest BCUT2D eigenvalue weighted by atomic mass is 15.1. The van der Waals surface area contributed by atoms with Crippen molar-refractivity contribution in [1.82, 2.24) is 4.57 Å². The number of aromatic nitrogens is 1. The van der Waals surface area contributed by atoms with Gasteiger partial charge in [-0.25, -0.2) is 0 Å². The van der Waals surface area contributed by atoms with Crippen molar-refractivity contribution in [3.63, 3.8) is 0 Å². The van der Waals surface area contributed by atoms with E-state index in [1.165, 1.54) is 10.8 Å². The van der Waals surface area contributed by atoms with Crippen LogP contribution in [0.1, 0.15) is 5.56 Å². The number of anilines is 3. The van der Waals surface area contributed by atoms with Gasteiger partial charge in [0.15, 0.2) is 0 Å². The van der Waals surface area contributed by atoms with Crippen molar-refractivity contribution in [1.29, 1.82) is 5.26 Å². The number of hydrogen-bond acceptors (Lipinski definition) is 2. The molecule has 0 bridgehead atoms. The van der Waals surface area contributed by atoms with Crippen molar-refractivity contribution in [2.75, 3.05) is 4.90 Å². The highest BCUT2D eigenvalue weighted by Gasteiger charge is 2.21. The molecule has 0 radical (unpaired) electrons. The Labute approximate surface area is 233 Å². The predicted octanol–water partition coefficient (Wildman–Crippen LogP) is 9.79. The SMILES string of the molecule is N#Cc1cccc(N(c2ccccc2)c2cc3c4ccccc4n(-c4ccccc4)c3cc2-c2ccccc2)c1. The number of benzene rings is 6. The van der Waals surface area contributed by atoms with Gasteiger partial charge in [-0.15, -0.1) is 0 Å². The van der Waals surface area contributed by atoms with Gasteiger partial charge in [0.2, 0.25) is 0 Å². The van der Waals surface area contributed by atoms with Crippen molar-refractivity contribution < 1.29 is 0 Å². The fourth-order valence-electron chi connectivity index (χ4n) is 5.61. The summed E-state index contributed by atoms with van der Waals surface area (Å²) in [6, 6.07) is 54.8. The van der Waals surface area contributed by atoms with Gasteiger partial charge in [0.25, 0.3) is 0 Å². The van der Waals surface area contributed by atoms with E-state index in [4.69, 9.17) is 0 Å². The van der Waals surface area contributed by atoms with Crippen LogP contribution in [0.3, 0.4) is 0 Å². The van der Waals surface area contributed by atoms with Crippen LogP contribution < -0.4 is 4.90 Å². The Kier molecular flexibility index (Phi) is 5.85. The van der Waals surface area contributed by atoms with Crippen LogP contribution in [0.5, 0.6) is 0 Å². The van der Waals surface area contributed by atoms with Crippen molar-refractivity contribution in [2.45, 2.75) is 0 Å². The van der Waals surface area contributed by atoms with E-state index in [0.717, 1.165) is 44.9 Å². The summed E-state index contributed by atoms with van der Waals surface area (Å²) in [7, 11) is 0. The van der Waals surface area contributed by atoms with Crippen molar-refractivity contribution >= 4 is 38.9 Å². The highest BCUT2D eigenvalue weighted by Crippen LogP contribution is 2.45. The smallest absolute Gasteiger partial charge is 0.0992 e. The molecule has 0 saturated carbocycles. The Bertz CT molecular complexity index is 2000. The summed E-state index contributed by atoms with van der Waals surface area (Å²) in [6.45, 7) is 0. The molecule has 1 heterocycles. The maximum Gasteiger partial charge on any atom is 0.0992 e. The quantitative estimate of drug-likeness (QED) is 0.230. The second-order valence-electron chi connectivity index (χ2n) is 9.77. The van der Waals surface area contributed by atoms with E-state index in [9.17, 15) is 5.26 Å². The van der Waals surface area contributed by atoms with Gasteiger partial charge in [-0.3, -0.25) is 0 Å². The topological polar surface area (TPSA) is 32.0 Å². The van der Waals surface area contributed by atoms with Gasteiger partial charge in [-0.05, 0) is 66.2 Å². The zero-order valence-electron chi connectivity index (χ0n) is 21.8. The molecule has 0 N–H and O–H groups in total. The lowest BCUT2D eigenvalue weighted by molar-refractivity contribution is 1.18.